The summed E-state index contributed by atoms with van der Waals surface area (Å²) in [6.07, 6.45) is 2.88. The summed E-state index contributed by atoms with van der Waals surface area (Å²) in [6.45, 7) is 2.94. The second kappa shape index (κ2) is 9.46. The van der Waals surface area contributed by atoms with E-state index in [0.29, 0.717) is 30.8 Å². The van der Waals surface area contributed by atoms with Gasteiger partial charge in [0.1, 0.15) is 18.8 Å². The van der Waals surface area contributed by atoms with E-state index in [2.05, 4.69) is 5.32 Å². The van der Waals surface area contributed by atoms with Gasteiger partial charge in [0, 0.05) is 12.5 Å². The summed E-state index contributed by atoms with van der Waals surface area (Å²) in [5.74, 6) is 1.21. The van der Waals surface area contributed by atoms with Gasteiger partial charge in [0.2, 0.25) is 0 Å². The van der Waals surface area contributed by atoms with Crippen molar-refractivity contribution in [1.29, 1.82) is 0 Å². The maximum Gasteiger partial charge on any atom is 0.498 e. The van der Waals surface area contributed by atoms with E-state index < -0.39 is 0 Å². The number of carbonyl (C=O) groups excluding carboxylic acids is 1. The van der Waals surface area contributed by atoms with Gasteiger partial charge >= 0.3 is 6.03 Å². The second-order valence-corrected chi connectivity index (χ2v) is 5.59. The standard InChI is InChI=1S/C14H20Cl2N3O.ClH/c15-5-9-18(10-6-16)14(20)19-8-2-1-3-13(19)12-4-7-17-11-12;/h1-3,8,12,17H,4-7,9-11H2;1H/q+1;/p-1. The predicted octanol–water partition coefficient (Wildman–Crippen LogP) is -1.20. The van der Waals surface area contributed by atoms with Gasteiger partial charge in [0.25, 0.3) is 0 Å². The van der Waals surface area contributed by atoms with Crippen molar-refractivity contribution in [3.05, 3.63) is 30.1 Å². The van der Waals surface area contributed by atoms with Crippen LogP contribution < -0.4 is 22.3 Å². The number of carbonyl (C=O) groups is 1. The highest BCUT2D eigenvalue weighted by Crippen LogP contribution is 2.18. The Morgan fingerprint density at radius 3 is 2.62 bits per heavy atom. The normalized spacial score (nSPS) is 17.3. The number of hydrogen-bond donors (Lipinski definition) is 1. The molecule has 1 aromatic rings. The lowest BCUT2D eigenvalue weighted by Crippen LogP contribution is -3.00. The van der Waals surface area contributed by atoms with E-state index in [-0.39, 0.29) is 18.4 Å². The van der Waals surface area contributed by atoms with Crippen LogP contribution in [0.4, 0.5) is 4.79 Å². The number of aromatic nitrogens is 1. The molecule has 4 nitrogen and oxygen atoms in total. The first-order chi connectivity index (χ1) is 9.77. The lowest BCUT2D eigenvalue weighted by atomic mass is 10.0. The predicted molar refractivity (Wildman–Crippen MR) is 80.7 cm³/mol. The molecule has 2 rings (SSSR count). The lowest BCUT2D eigenvalue weighted by molar-refractivity contribution is -0.588. The first-order valence-corrected chi connectivity index (χ1v) is 7.97. The molecule has 0 bridgehead atoms. The van der Waals surface area contributed by atoms with Gasteiger partial charge in [0.15, 0.2) is 0 Å². The Hall–Kier alpha value is -0.550. The molecule has 21 heavy (non-hydrogen) atoms. The van der Waals surface area contributed by atoms with E-state index in [1.165, 1.54) is 0 Å². The van der Waals surface area contributed by atoms with Crippen molar-refractivity contribution in [2.45, 2.75) is 12.3 Å². The largest absolute Gasteiger partial charge is 1.00 e. The zero-order chi connectivity index (χ0) is 14.4. The third-order valence-corrected chi connectivity index (χ3v) is 3.89. The number of hydrogen-bond acceptors (Lipinski definition) is 2. The molecule has 7 heteroatoms. The van der Waals surface area contributed by atoms with Gasteiger partial charge in [-0.1, -0.05) is 6.07 Å². The zero-order valence-corrected chi connectivity index (χ0v) is 14.0. The van der Waals surface area contributed by atoms with Crippen molar-refractivity contribution in [3.63, 3.8) is 0 Å². The molecule has 0 radical (unpaired) electrons. The molecule has 1 fully saturated rings. The minimum Gasteiger partial charge on any atom is -1.00 e. The second-order valence-electron chi connectivity index (χ2n) is 4.83. The van der Waals surface area contributed by atoms with Gasteiger partial charge in [-0.2, -0.15) is 9.36 Å². The molecule has 1 aliphatic rings. The SMILES string of the molecule is O=C(N(CCCl)CCCl)[n+]1ccccc1C1CCNC1.[Cl-]. The van der Waals surface area contributed by atoms with E-state index in [4.69, 9.17) is 23.2 Å². The Kier molecular flexibility index (Phi) is 8.34. The number of nitrogens with zero attached hydrogens (tertiary/aromatic N) is 2. The third-order valence-electron chi connectivity index (χ3n) is 3.56. The number of pyridine rings is 1. The van der Waals surface area contributed by atoms with Crippen LogP contribution in [0, 0.1) is 0 Å². The molecular formula is C14H20Cl3N3O. The summed E-state index contributed by atoms with van der Waals surface area (Å²) >= 11 is 11.5. The van der Waals surface area contributed by atoms with Crippen LogP contribution in [0.25, 0.3) is 0 Å². The fraction of sp³-hybridized carbons (Fsp3) is 0.571. The van der Waals surface area contributed by atoms with E-state index in [1.807, 2.05) is 24.4 Å². The highest BCUT2D eigenvalue weighted by molar-refractivity contribution is 6.18. The smallest absolute Gasteiger partial charge is 0.498 e. The summed E-state index contributed by atoms with van der Waals surface area (Å²) in [5, 5.41) is 3.34. The van der Waals surface area contributed by atoms with Crippen LogP contribution >= 0.6 is 23.2 Å². The average Bonchev–Trinajstić information content (AvgIpc) is 3.00. The zero-order valence-electron chi connectivity index (χ0n) is 11.8. The average molecular weight is 353 g/mol. The summed E-state index contributed by atoms with van der Waals surface area (Å²) in [7, 11) is 0. The fourth-order valence-electron chi connectivity index (χ4n) is 2.53. The number of amides is 1. The van der Waals surface area contributed by atoms with Gasteiger partial charge in [-0.3, -0.25) is 0 Å². The molecular weight excluding hydrogens is 333 g/mol. The van der Waals surface area contributed by atoms with Gasteiger partial charge in [-0.15, -0.1) is 23.2 Å². The Labute approximate surface area is 141 Å². The van der Waals surface area contributed by atoms with Crippen LogP contribution in [0.3, 0.4) is 0 Å². The van der Waals surface area contributed by atoms with Crippen molar-refractivity contribution in [3.8, 4) is 0 Å². The first kappa shape index (κ1) is 18.5. The summed E-state index contributed by atoms with van der Waals surface area (Å²) in [6, 6.07) is 5.83. The van der Waals surface area contributed by atoms with E-state index >= 15 is 0 Å². The monoisotopic (exact) mass is 351 g/mol. The Morgan fingerprint density at radius 2 is 2.05 bits per heavy atom. The number of halogens is 3. The molecule has 1 N–H and O–H groups in total. The number of alkyl halides is 2. The molecule has 2 heterocycles. The lowest BCUT2D eigenvalue weighted by Gasteiger charge is -2.16. The van der Waals surface area contributed by atoms with Gasteiger partial charge in [0.05, 0.1) is 18.0 Å². The summed E-state index contributed by atoms with van der Waals surface area (Å²) < 4.78 is 1.73. The minimum atomic E-state index is -0.0474. The molecule has 1 aromatic heterocycles. The van der Waals surface area contributed by atoms with Crippen molar-refractivity contribution in [2.75, 3.05) is 37.9 Å². The molecule has 1 atom stereocenters. The van der Waals surface area contributed by atoms with Crippen molar-refractivity contribution >= 4 is 29.2 Å². The Morgan fingerprint density at radius 1 is 1.33 bits per heavy atom. The van der Waals surface area contributed by atoms with E-state index in [9.17, 15) is 4.79 Å². The molecule has 1 aliphatic heterocycles. The number of rotatable bonds is 5. The maximum absolute atomic E-state index is 12.7. The topological polar surface area (TPSA) is 36.2 Å². The highest BCUT2D eigenvalue weighted by atomic mass is 35.5. The highest BCUT2D eigenvalue weighted by Gasteiger charge is 2.30. The van der Waals surface area contributed by atoms with Crippen LogP contribution in [0.15, 0.2) is 24.4 Å². The quantitative estimate of drug-likeness (QED) is 0.534. The summed E-state index contributed by atoms with van der Waals surface area (Å²) in [5.41, 5.74) is 1.05. The van der Waals surface area contributed by atoms with E-state index in [0.717, 1.165) is 25.2 Å². The molecule has 1 amide bonds. The van der Waals surface area contributed by atoms with Crippen LogP contribution in [0.1, 0.15) is 18.0 Å². The summed E-state index contributed by atoms with van der Waals surface area (Å²) in [4.78, 5) is 14.4. The molecule has 1 unspecified atom stereocenters. The van der Waals surface area contributed by atoms with Crippen LogP contribution in [-0.4, -0.2) is 48.9 Å². The number of nitrogens with one attached hydrogen (secondary N) is 1. The van der Waals surface area contributed by atoms with Crippen LogP contribution in [-0.2, 0) is 0 Å². The fourth-order valence-corrected chi connectivity index (χ4v) is 2.94. The van der Waals surface area contributed by atoms with Crippen LogP contribution in [0.2, 0.25) is 0 Å². The molecule has 0 aliphatic carbocycles. The van der Waals surface area contributed by atoms with Crippen LogP contribution in [0.5, 0.6) is 0 Å². The van der Waals surface area contributed by atoms with E-state index in [1.54, 1.807) is 9.47 Å². The van der Waals surface area contributed by atoms with Crippen molar-refractivity contribution < 1.29 is 21.8 Å². The molecule has 0 aromatic carbocycles. The molecule has 1 saturated heterocycles. The van der Waals surface area contributed by atoms with Gasteiger partial charge in [-0.25, -0.2) is 4.90 Å². The molecule has 118 valence electrons. The van der Waals surface area contributed by atoms with Crippen molar-refractivity contribution in [1.82, 2.24) is 10.2 Å². The Bertz CT molecular complexity index is 447. The van der Waals surface area contributed by atoms with Crippen molar-refractivity contribution in [2.24, 2.45) is 0 Å². The third kappa shape index (κ3) is 4.71. The van der Waals surface area contributed by atoms with Gasteiger partial charge < -0.3 is 17.7 Å². The minimum absolute atomic E-state index is 0. The Balaban J connectivity index is 0.00000220. The first-order valence-electron chi connectivity index (χ1n) is 6.90. The maximum atomic E-state index is 12.7. The molecule has 0 saturated carbocycles. The molecule has 0 spiro atoms. The van der Waals surface area contributed by atoms with Gasteiger partial charge in [-0.05, 0) is 25.1 Å².